The van der Waals surface area contributed by atoms with Gasteiger partial charge in [0.05, 0.1) is 12.6 Å². The summed E-state index contributed by atoms with van der Waals surface area (Å²) in [6.07, 6.45) is 4.26. The zero-order chi connectivity index (χ0) is 21.5. The van der Waals surface area contributed by atoms with E-state index < -0.39 is 0 Å². The summed E-state index contributed by atoms with van der Waals surface area (Å²) in [7, 11) is 4.13. The molecule has 1 fully saturated rings. The highest BCUT2D eigenvalue weighted by molar-refractivity contribution is 7.80. The van der Waals surface area contributed by atoms with Gasteiger partial charge in [-0.2, -0.15) is 0 Å². The van der Waals surface area contributed by atoms with Gasteiger partial charge in [-0.25, -0.2) is 0 Å². The van der Waals surface area contributed by atoms with E-state index in [9.17, 15) is 4.79 Å². The van der Waals surface area contributed by atoms with E-state index in [0.717, 1.165) is 61.8 Å². The average Bonchev–Trinajstić information content (AvgIpc) is 3.23. The molecule has 6 nitrogen and oxygen atoms in total. The minimum atomic E-state index is -0.0560. The minimum Gasteiger partial charge on any atom is -0.376 e. The van der Waals surface area contributed by atoms with Crippen LogP contribution in [0.1, 0.15) is 37.3 Å². The molecule has 0 amide bonds. The predicted molar refractivity (Wildman–Crippen MR) is 127 cm³/mol. The molecule has 1 aliphatic rings. The van der Waals surface area contributed by atoms with Gasteiger partial charge in [0.1, 0.15) is 0 Å². The molecule has 0 bridgehead atoms. The summed E-state index contributed by atoms with van der Waals surface area (Å²) in [5.41, 5.74) is 2.80. The molecule has 2 heterocycles. The normalized spacial score (nSPS) is 16.3. The molecule has 7 heteroatoms. The van der Waals surface area contributed by atoms with Crippen molar-refractivity contribution in [3.63, 3.8) is 0 Å². The third kappa shape index (κ3) is 6.27. The summed E-state index contributed by atoms with van der Waals surface area (Å²) in [5.74, 6) is 0. The van der Waals surface area contributed by atoms with Gasteiger partial charge in [-0.05, 0) is 87.7 Å². The molecule has 0 spiro atoms. The maximum absolute atomic E-state index is 12.7. The third-order valence-corrected chi connectivity index (χ3v) is 5.95. The Morgan fingerprint density at radius 3 is 2.87 bits per heavy atom. The summed E-state index contributed by atoms with van der Waals surface area (Å²) in [4.78, 5) is 20.0. The molecule has 1 atom stereocenters. The Balaban J connectivity index is 1.76. The number of aryl methyl sites for hydroxylation is 1. The number of aromatic nitrogens is 1. The number of nitrogens with one attached hydrogen (secondary N) is 2. The van der Waals surface area contributed by atoms with Crippen LogP contribution in [0.2, 0.25) is 0 Å². The van der Waals surface area contributed by atoms with E-state index in [-0.39, 0.29) is 11.7 Å². The smallest absolute Gasteiger partial charge is 0.253 e. The number of fused-ring (bicyclic) bond motifs is 1. The molecule has 1 aromatic carbocycles. The van der Waals surface area contributed by atoms with Gasteiger partial charge < -0.3 is 24.8 Å². The first-order valence-corrected chi connectivity index (χ1v) is 11.3. The molecule has 0 unspecified atom stereocenters. The first kappa shape index (κ1) is 22.7. The highest BCUT2D eigenvalue weighted by atomic mass is 32.1. The first-order chi connectivity index (χ1) is 14.5. The first-order valence-electron chi connectivity index (χ1n) is 10.9. The molecule has 1 aliphatic heterocycles. The Kier molecular flexibility index (Phi) is 8.24. The highest BCUT2D eigenvalue weighted by Gasteiger charge is 2.22. The molecule has 3 rings (SSSR count). The van der Waals surface area contributed by atoms with Crippen LogP contribution in [0.5, 0.6) is 0 Å². The zero-order valence-corrected chi connectivity index (χ0v) is 19.2. The fourth-order valence-corrected chi connectivity index (χ4v) is 4.04. The van der Waals surface area contributed by atoms with Crippen LogP contribution in [0.15, 0.2) is 29.1 Å². The Hall–Kier alpha value is -1.96. The molecule has 0 saturated carbocycles. The monoisotopic (exact) mass is 430 g/mol. The van der Waals surface area contributed by atoms with Crippen LogP contribution in [0, 0.1) is 0 Å². The minimum absolute atomic E-state index is 0.0560. The molecule has 30 heavy (non-hydrogen) atoms. The summed E-state index contributed by atoms with van der Waals surface area (Å²) >= 11 is 5.70. The Morgan fingerprint density at radius 2 is 2.17 bits per heavy atom. The maximum atomic E-state index is 12.7. The fraction of sp³-hybridized carbons (Fsp3) is 0.565. The highest BCUT2D eigenvalue weighted by Crippen LogP contribution is 2.17. The van der Waals surface area contributed by atoms with Crippen molar-refractivity contribution in [2.45, 2.75) is 45.3 Å². The summed E-state index contributed by atoms with van der Waals surface area (Å²) in [5, 5.41) is 5.12. The molecule has 0 aliphatic carbocycles. The molecule has 1 saturated heterocycles. The molecule has 164 valence electrons. The van der Waals surface area contributed by atoms with Crippen molar-refractivity contribution < 1.29 is 4.74 Å². The predicted octanol–water partition coefficient (Wildman–Crippen LogP) is 2.90. The van der Waals surface area contributed by atoms with Gasteiger partial charge >= 0.3 is 0 Å². The van der Waals surface area contributed by atoms with Crippen LogP contribution >= 0.6 is 12.2 Å². The van der Waals surface area contributed by atoms with Crippen molar-refractivity contribution in [1.82, 2.24) is 20.1 Å². The fourth-order valence-electron chi connectivity index (χ4n) is 3.80. The van der Waals surface area contributed by atoms with Crippen molar-refractivity contribution in [1.29, 1.82) is 0 Å². The molecule has 2 N–H and O–H groups in total. The van der Waals surface area contributed by atoms with Crippen molar-refractivity contribution in [2.75, 3.05) is 40.3 Å². The van der Waals surface area contributed by atoms with Gasteiger partial charge in [-0.15, -0.1) is 0 Å². The Morgan fingerprint density at radius 1 is 1.33 bits per heavy atom. The van der Waals surface area contributed by atoms with E-state index in [0.29, 0.717) is 18.2 Å². The number of benzene rings is 1. The van der Waals surface area contributed by atoms with Gasteiger partial charge in [-0.1, -0.05) is 13.0 Å². The van der Waals surface area contributed by atoms with E-state index in [1.165, 1.54) is 5.56 Å². The second kappa shape index (κ2) is 10.9. The number of hydrogen-bond donors (Lipinski definition) is 2. The number of ether oxygens (including phenoxy) is 1. The lowest BCUT2D eigenvalue weighted by molar-refractivity contribution is 0.0897. The average molecular weight is 431 g/mol. The number of nitrogens with zero attached hydrogens (tertiary/aromatic N) is 2. The van der Waals surface area contributed by atoms with E-state index in [2.05, 4.69) is 53.3 Å². The number of hydrogen-bond acceptors (Lipinski definition) is 4. The number of thiocarbonyl (C=S) groups is 1. The number of pyridine rings is 1. The number of aromatic amines is 1. The molecular formula is C23H34N4O2S. The van der Waals surface area contributed by atoms with E-state index >= 15 is 0 Å². The summed E-state index contributed by atoms with van der Waals surface area (Å²) in [6, 6.07) is 8.20. The quantitative estimate of drug-likeness (QED) is 0.471. The van der Waals surface area contributed by atoms with Crippen LogP contribution in [0.25, 0.3) is 10.9 Å². The standard InChI is InChI=1S/C23H34N4O2S/c1-4-17-8-9-21-18(13-17)14-19(22(28)25-21)15-27(16-20-7-5-12-29-20)23(30)24-10-6-11-26(2)3/h8-9,13-14,20H,4-7,10-12,15-16H2,1-3H3,(H,24,30)(H,25,28)/t20-/m0/s1. The topological polar surface area (TPSA) is 60.6 Å². The zero-order valence-electron chi connectivity index (χ0n) is 18.4. The number of H-pyrrole nitrogens is 1. The van der Waals surface area contributed by atoms with Crippen LogP contribution in [-0.4, -0.2) is 66.3 Å². The lowest BCUT2D eigenvalue weighted by Crippen LogP contribution is -2.44. The van der Waals surface area contributed by atoms with Crippen LogP contribution < -0.4 is 10.9 Å². The molecule has 1 aromatic heterocycles. The van der Waals surface area contributed by atoms with Crippen molar-refractivity contribution >= 4 is 28.2 Å². The summed E-state index contributed by atoms with van der Waals surface area (Å²) in [6.45, 7) is 5.93. The Labute approximate surface area is 184 Å². The second-order valence-electron chi connectivity index (χ2n) is 8.30. The van der Waals surface area contributed by atoms with E-state index in [4.69, 9.17) is 17.0 Å². The van der Waals surface area contributed by atoms with E-state index in [1.54, 1.807) is 0 Å². The molecular weight excluding hydrogens is 396 g/mol. The third-order valence-electron chi connectivity index (χ3n) is 5.55. The van der Waals surface area contributed by atoms with Gasteiger partial charge in [0.15, 0.2) is 5.11 Å². The van der Waals surface area contributed by atoms with Gasteiger partial charge in [0, 0.05) is 30.8 Å². The lowest BCUT2D eigenvalue weighted by Gasteiger charge is -2.28. The van der Waals surface area contributed by atoms with Crippen LogP contribution in [-0.2, 0) is 17.7 Å². The van der Waals surface area contributed by atoms with Crippen molar-refractivity contribution in [2.24, 2.45) is 0 Å². The second-order valence-corrected chi connectivity index (χ2v) is 8.69. The van der Waals surface area contributed by atoms with Crippen molar-refractivity contribution in [3.8, 4) is 0 Å². The maximum Gasteiger partial charge on any atom is 0.253 e. The SMILES string of the molecule is CCc1ccc2[nH]c(=O)c(CN(C[C@@H]3CCCO3)C(=S)NCCCN(C)C)cc2c1. The molecule has 0 radical (unpaired) electrons. The van der Waals surface area contributed by atoms with Crippen LogP contribution in [0.3, 0.4) is 0 Å². The molecule has 2 aromatic rings. The van der Waals surface area contributed by atoms with E-state index in [1.807, 2.05) is 12.1 Å². The van der Waals surface area contributed by atoms with Gasteiger partial charge in [-0.3, -0.25) is 4.79 Å². The Bertz CT molecular complexity index is 906. The van der Waals surface area contributed by atoms with Gasteiger partial charge in [0.25, 0.3) is 5.56 Å². The lowest BCUT2D eigenvalue weighted by atomic mass is 10.1. The van der Waals surface area contributed by atoms with Crippen LogP contribution in [0.4, 0.5) is 0 Å². The van der Waals surface area contributed by atoms with Gasteiger partial charge in [0.2, 0.25) is 0 Å². The largest absolute Gasteiger partial charge is 0.376 e. The number of rotatable bonds is 9. The van der Waals surface area contributed by atoms with Crippen molar-refractivity contribution in [3.05, 3.63) is 45.7 Å². The summed E-state index contributed by atoms with van der Waals surface area (Å²) < 4.78 is 5.84.